The molecule has 0 fully saturated rings. The van der Waals surface area contributed by atoms with E-state index < -0.39 is 0 Å². The van der Waals surface area contributed by atoms with Gasteiger partial charge in [-0.25, -0.2) is 0 Å². The summed E-state index contributed by atoms with van der Waals surface area (Å²) in [5.41, 5.74) is 3.47. The number of phenols is 6. The molecule has 0 saturated heterocycles. The highest BCUT2D eigenvalue weighted by Gasteiger charge is 2.16. The first-order chi connectivity index (χ1) is 16.2. The quantitative estimate of drug-likeness (QED) is 0.225. The highest BCUT2D eigenvalue weighted by Crippen LogP contribution is 2.37. The number of hydrogen-bond acceptors (Lipinski definition) is 6. The van der Waals surface area contributed by atoms with Gasteiger partial charge in [0.15, 0.2) is 0 Å². The summed E-state index contributed by atoms with van der Waals surface area (Å²) in [6, 6.07) is 23.0. The third kappa shape index (κ3) is 5.92. The second kappa shape index (κ2) is 10.5. The summed E-state index contributed by atoms with van der Waals surface area (Å²) in [5, 5.41) is 56.5. The molecule has 4 rings (SSSR count). The molecule has 4 aromatic rings. The third-order valence-corrected chi connectivity index (χ3v) is 5.75. The van der Waals surface area contributed by atoms with Crippen LogP contribution in [0.1, 0.15) is 47.9 Å². The first-order valence-corrected chi connectivity index (χ1v) is 10.8. The molecule has 0 aliphatic heterocycles. The standard InChI is InChI=1S/C14H14O4.C14H14O2/c1-8(11-4-2-9(15)6-13(11)17)12-5-3-10(16)7-14(12)18;1-10(11-2-6-13(15)7-3-11)12-4-8-14(16)9-5-12/h2-8,15-18H,1H3;2-10,15-16H,1H3. The Morgan fingerprint density at radius 1 is 0.412 bits per heavy atom. The van der Waals surface area contributed by atoms with E-state index in [1.165, 1.54) is 24.3 Å². The number of phenolic OH excluding ortho intramolecular Hbond substituents is 6. The summed E-state index contributed by atoms with van der Waals surface area (Å²) in [4.78, 5) is 0. The summed E-state index contributed by atoms with van der Waals surface area (Å²) in [6.07, 6.45) is 0. The van der Waals surface area contributed by atoms with Gasteiger partial charge in [-0.05, 0) is 47.5 Å². The van der Waals surface area contributed by atoms with Crippen LogP contribution < -0.4 is 0 Å². The smallest absolute Gasteiger partial charge is 0.123 e. The highest BCUT2D eigenvalue weighted by molar-refractivity contribution is 5.49. The lowest BCUT2D eigenvalue weighted by Crippen LogP contribution is -1.97. The fourth-order valence-electron chi connectivity index (χ4n) is 3.68. The van der Waals surface area contributed by atoms with Crippen molar-refractivity contribution in [2.45, 2.75) is 25.7 Å². The van der Waals surface area contributed by atoms with Gasteiger partial charge in [-0.15, -0.1) is 0 Å². The average Bonchev–Trinajstić information content (AvgIpc) is 2.80. The van der Waals surface area contributed by atoms with Crippen LogP contribution in [0, 0.1) is 0 Å². The molecule has 176 valence electrons. The van der Waals surface area contributed by atoms with Crippen molar-refractivity contribution in [3.8, 4) is 34.5 Å². The van der Waals surface area contributed by atoms with Crippen molar-refractivity contribution in [2.24, 2.45) is 0 Å². The van der Waals surface area contributed by atoms with Gasteiger partial charge in [0, 0.05) is 35.1 Å². The topological polar surface area (TPSA) is 121 Å². The Kier molecular flexibility index (Phi) is 7.53. The minimum absolute atomic E-state index is 0.0154. The Balaban J connectivity index is 0.000000192. The maximum atomic E-state index is 9.78. The molecule has 0 atom stereocenters. The van der Waals surface area contributed by atoms with Gasteiger partial charge < -0.3 is 30.6 Å². The summed E-state index contributed by atoms with van der Waals surface area (Å²) < 4.78 is 0. The predicted molar refractivity (Wildman–Crippen MR) is 131 cm³/mol. The predicted octanol–water partition coefficient (Wildman–Crippen LogP) is 5.91. The van der Waals surface area contributed by atoms with Crippen molar-refractivity contribution >= 4 is 0 Å². The van der Waals surface area contributed by atoms with E-state index in [1.54, 1.807) is 36.4 Å². The van der Waals surface area contributed by atoms with E-state index in [-0.39, 0.29) is 46.3 Å². The summed E-state index contributed by atoms with van der Waals surface area (Å²) in [6.45, 7) is 3.91. The zero-order chi connectivity index (χ0) is 24.8. The Bertz CT molecular complexity index is 1140. The van der Waals surface area contributed by atoms with Gasteiger partial charge >= 0.3 is 0 Å². The Morgan fingerprint density at radius 3 is 1.06 bits per heavy atom. The first kappa shape index (κ1) is 24.3. The van der Waals surface area contributed by atoms with Gasteiger partial charge in [0.25, 0.3) is 0 Å². The Morgan fingerprint density at radius 2 is 0.735 bits per heavy atom. The van der Waals surface area contributed by atoms with Crippen LogP contribution in [0.25, 0.3) is 0 Å². The van der Waals surface area contributed by atoms with Crippen molar-refractivity contribution in [1.82, 2.24) is 0 Å². The van der Waals surface area contributed by atoms with E-state index in [0.717, 1.165) is 11.1 Å². The van der Waals surface area contributed by atoms with E-state index in [1.807, 2.05) is 31.2 Å². The van der Waals surface area contributed by atoms with Crippen LogP contribution in [-0.2, 0) is 0 Å². The van der Waals surface area contributed by atoms with Crippen LogP contribution in [0.3, 0.4) is 0 Å². The Labute approximate surface area is 198 Å². The van der Waals surface area contributed by atoms with Crippen molar-refractivity contribution in [1.29, 1.82) is 0 Å². The summed E-state index contributed by atoms with van der Waals surface area (Å²) >= 11 is 0. The molecule has 34 heavy (non-hydrogen) atoms. The van der Waals surface area contributed by atoms with Crippen LogP contribution in [-0.4, -0.2) is 30.6 Å². The second-order valence-corrected chi connectivity index (χ2v) is 8.11. The molecule has 0 saturated carbocycles. The Hall–Kier alpha value is -4.32. The van der Waals surface area contributed by atoms with Crippen LogP contribution in [0.2, 0.25) is 0 Å². The van der Waals surface area contributed by atoms with Crippen LogP contribution in [0.4, 0.5) is 0 Å². The molecular formula is C28H28O6. The van der Waals surface area contributed by atoms with Gasteiger partial charge in [0.2, 0.25) is 0 Å². The van der Waals surface area contributed by atoms with Gasteiger partial charge in [0.1, 0.15) is 34.5 Å². The lowest BCUT2D eigenvalue weighted by Gasteiger charge is -2.15. The second-order valence-electron chi connectivity index (χ2n) is 8.11. The fourth-order valence-corrected chi connectivity index (χ4v) is 3.68. The highest BCUT2D eigenvalue weighted by atomic mass is 16.3. The molecule has 0 aromatic heterocycles. The SMILES string of the molecule is CC(c1ccc(O)cc1)c1ccc(O)cc1.CC(c1ccc(O)cc1O)c1ccc(O)cc1O. The molecule has 6 nitrogen and oxygen atoms in total. The third-order valence-electron chi connectivity index (χ3n) is 5.75. The molecule has 0 bridgehead atoms. The normalized spacial score (nSPS) is 10.7. The van der Waals surface area contributed by atoms with Crippen LogP contribution in [0.5, 0.6) is 34.5 Å². The van der Waals surface area contributed by atoms with Gasteiger partial charge in [-0.2, -0.15) is 0 Å². The fraction of sp³-hybridized carbons (Fsp3) is 0.143. The van der Waals surface area contributed by atoms with Crippen molar-refractivity contribution in [3.63, 3.8) is 0 Å². The first-order valence-electron chi connectivity index (χ1n) is 10.8. The van der Waals surface area contributed by atoms with Gasteiger partial charge in [0.05, 0.1) is 0 Å². The van der Waals surface area contributed by atoms with Crippen LogP contribution in [0.15, 0.2) is 84.9 Å². The van der Waals surface area contributed by atoms with E-state index in [4.69, 9.17) is 0 Å². The van der Waals surface area contributed by atoms with Gasteiger partial charge in [-0.3, -0.25) is 0 Å². The maximum absolute atomic E-state index is 9.78. The largest absolute Gasteiger partial charge is 0.508 e. The number of benzene rings is 4. The molecule has 0 heterocycles. The van der Waals surface area contributed by atoms with E-state index in [2.05, 4.69) is 6.92 Å². The molecule has 6 heteroatoms. The molecule has 4 aromatic carbocycles. The molecule has 0 aliphatic carbocycles. The van der Waals surface area contributed by atoms with E-state index >= 15 is 0 Å². The van der Waals surface area contributed by atoms with Crippen LogP contribution >= 0.6 is 0 Å². The number of rotatable bonds is 4. The number of hydrogen-bond donors (Lipinski definition) is 6. The lowest BCUT2D eigenvalue weighted by molar-refractivity contribution is 0.438. The zero-order valence-corrected chi connectivity index (χ0v) is 18.9. The van der Waals surface area contributed by atoms with Crippen molar-refractivity contribution in [3.05, 3.63) is 107 Å². The van der Waals surface area contributed by atoms with Crippen molar-refractivity contribution < 1.29 is 30.6 Å². The monoisotopic (exact) mass is 460 g/mol. The summed E-state index contributed by atoms with van der Waals surface area (Å²) in [7, 11) is 0. The molecule has 0 spiro atoms. The zero-order valence-electron chi connectivity index (χ0n) is 18.9. The maximum Gasteiger partial charge on any atom is 0.123 e. The molecular weight excluding hydrogens is 432 g/mol. The summed E-state index contributed by atoms with van der Waals surface area (Å²) in [5.74, 6) is 0.456. The van der Waals surface area contributed by atoms with E-state index in [9.17, 15) is 30.6 Å². The lowest BCUT2D eigenvalue weighted by atomic mass is 9.91. The molecule has 0 radical (unpaired) electrons. The minimum Gasteiger partial charge on any atom is -0.508 e. The van der Waals surface area contributed by atoms with E-state index in [0.29, 0.717) is 11.1 Å². The molecule has 0 unspecified atom stereocenters. The minimum atomic E-state index is -0.258. The molecule has 0 aliphatic rings. The number of aromatic hydroxyl groups is 6. The average molecular weight is 461 g/mol. The van der Waals surface area contributed by atoms with Gasteiger partial charge in [-0.1, -0.05) is 50.2 Å². The molecule has 6 N–H and O–H groups in total. The van der Waals surface area contributed by atoms with Crippen molar-refractivity contribution in [2.75, 3.05) is 0 Å². The molecule has 0 amide bonds.